The Morgan fingerprint density at radius 1 is 1.71 bits per heavy atom. The molecule has 1 aliphatic heterocycles. The van der Waals surface area contributed by atoms with Gasteiger partial charge in [-0.2, -0.15) is 0 Å². The van der Waals surface area contributed by atoms with Gasteiger partial charge in [-0.05, 0) is 6.42 Å². The van der Waals surface area contributed by atoms with Gasteiger partial charge in [0.1, 0.15) is 0 Å². The van der Waals surface area contributed by atoms with Crippen molar-refractivity contribution in [3.05, 3.63) is 0 Å². The van der Waals surface area contributed by atoms with Gasteiger partial charge in [-0.1, -0.05) is 19.8 Å². The zero-order chi connectivity index (χ0) is 5.11. The zero-order valence-corrected chi connectivity index (χ0v) is 4.91. The van der Waals surface area contributed by atoms with Gasteiger partial charge in [0.05, 0.1) is 0 Å². The summed E-state index contributed by atoms with van der Waals surface area (Å²) in [7, 11) is 0. The molecular formula is C6H13N. The Morgan fingerprint density at radius 2 is 2.43 bits per heavy atom. The molecule has 1 atom stereocenters. The van der Waals surface area contributed by atoms with Gasteiger partial charge in [0.25, 0.3) is 0 Å². The predicted molar refractivity (Wildman–Crippen MR) is 31.3 cm³/mol. The average Bonchev–Trinajstić information content (AvgIpc) is 2.42. The van der Waals surface area contributed by atoms with E-state index in [2.05, 4.69) is 12.2 Å². The van der Waals surface area contributed by atoms with Crippen molar-refractivity contribution in [2.24, 2.45) is 0 Å². The fourth-order valence-electron chi connectivity index (χ4n) is 0.738. The molecule has 1 heterocycles. The summed E-state index contributed by atoms with van der Waals surface area (Å²) >= 11 is 0. The third-order valence-corrected chi connectivity index (χ3v) is 1.40. The third-order valence-electron chi connectivity index (χ3n) is 1.40. The Morgan fingerprint density at radius 3 is 2.86 bits per heavy atom. The van der Waals surface area contributed by atoms with Crippen LogP contribution in [0.3, 0.4) is 0 Å². The Hall–Kier alpha value is -0.0400. The van der Waals surface area contributed by atoms with Crippen LogP contribution in [0.5, 0.6) is 0 Å². The summed E-state index contributed by atoms with van der Waals surface area (Å²) in [5.41, 5.74) is 0. The molecule has 1 heteroatoms. The molecule has 0 unspecified atom stereocenters. The molecule has 0 aromatic heterocycles. The van der Waals surface area contributed by atoms with Gasteiger partial charge in [-0.25, -0.2) is 0 Å². The first-order valence-electron chi connectivity index (χ1n) is 3.17. The van der Waals surface area contributed by atoms with Crippen LogP contribution in [0.15, 0.2) is 0 Å². The fraction of sp³-hybridized carbons (Fsp3) is 1.00. The summed E-state index contributed by atoms with van der Waals surface area (Å²) in [5, 5.41) is 3.27. The number of unbranched alkanes of at least 4 members (excludes halogenated alkanes) is 1. The van der Waals surface area contributed by atoms with Crippen LogP contribution < -0.4 is 5.32 Å². The zero-order valence-electron chi connectivity index (χ0n) is 4.91. The SMILES string of the molecule is CCCC[C@H]1CN1. The fourth-order valence-corrected chi connectivity index (χ4v) is 0.738. The van der Waals surface area contributed by atoms with E-state index in [4.69, 9.17) is 0 Å². The second kappa shape index (κ2) is 2.31. The predicted octanol–water partition coefficient (Wildman–Crippen LogP) is 1.15. The topological polar surface area (TPSA) is 21.9 Å². The molecule has 0 aromatic rings. The van der Waals surface area contributed by atoms with Gasteiger partial charge in [0.15, 0.2) is 0 Å². The largest absolute Gasteiger partial charge is 0.311 e. The Bertz CT molecular complexity index is 48.1. The molecule has 0 amide bonds. The highest BCUT2D eigenvalue weighted by atomic mass is 15.1. The lowest BCUT2D eigenvalue weighted by molar-refractivity contribution is 0.707. The first-order chi connectivity index (χ1) is 3.43. The van der Waals surface area contributed by atoms with Crippen molar-refractivity contribution in [3.63, 3.8) is 0 Å². The molecule has 0 bridgehead atoms. The number of rotatable bonds is 3. The maximum atomic E-state index is 3.27. The van der Waals surface area contributed by atoms with Crippen LogP contribution in [-0.4, -0.2) is 12.6 Å². The highest BCUT2D eigenvalue weighted by Gasteiger charge is 2.17. The number of nitrogens with one attached hydrogen (secondary N) is 1. The van der Waals surface area contributed by atoms with E-state index in [1.807, 2.05) is 0 Å². The molecule has 0 aromatic carbocycles. The summed E-state index contributed by atoms with van der Waals surface area (Å²) < 4.78 is 0. The van der Waals surface area contributed by atoms with Crippen LogP contribution in [0.25, 0.3) is 0 Å². The summed E-state index contributed by atoms with van der Waals surface area (Å²) in [6, 6.07) is 0.903. The van der Waals surface area contributed by atoms with Crippen molar-refractivity contribution >= 4 is 0 Å². The van der Waals surface area contributed by atoms with Crippen molar-refractivity contribution < 1.29 is 0 Å². The van der Waals surface area contributed by atoms with Crippen molar-refractivity contribution in [2.45, 2.75) is 32.2 Å². The minimum absolute atomic E-state index is 0.903. The minimum Gasteiger partial charge on any atom is -0.311 e. The van der Waals surface area contributed by atoms with E-state index in [1.165, 1.54) is 25.8 Å². The summed E-state index contributed by atoms with van der Waals surface area (Å²) in [5.74, 6) is 0. The van der Waals surface area contributed by atoms with Crippen molar-refractivity contribution in [1.82, 2.24) is 5.32 Å². The smallest absolute Gasteiger partial charge is 0.0193 e. The highest BCUT2D eigenvalue weighted by Crippen LogP contribution is 2.06. The second-order valence-electron chi connectivity index (χ2n) is 2.25. The lowest BCUT2D eigenvalue weighted by Gasteiger charge is -1.87. The van der Waals surface area contributed by atoms with E-state index in [-0.39, 0.29) is 0 Å². The quantitative estimate of drug-likeness (QED) is 0.527. The summed E-state index contributed by atoms with van der Waals surface area (Å²) in [4.78, 5) is 0. The normalized spacial score (nSPS) is 27.9. The maximum Gasteiger partial charge on any atom is 0.0193 e. The molecule has 1 N–H and O–H groups in total. The monoisotopic (exact) mass is 99.1 g/mol. The van der Waals surface area contributed by atoms with Crippen molar-refractivity contribution in [1.29, 1.82) is 0 Å². The van der Waals surface area contributed by atoms with Gasteiger partial charge in [0, 0.05) is 12.6 Å². The molecule has 1 saturated heterocycles. The molecule has 1 nitrogen and oxygen atoms in total. The van der Waals surface area contributed by atoms with E-state index in [0.717, 1.165) is 6.04 Å². The highest BCUT2D eigenvalue weighted by molar-refractivity contribution is 4.81. The molecule has 1 aliphatic rings. The van der Waals surface area contributed by atoms with E-state index in [1.54, 1.807) is 0 Å². The minimum atomic E-state index is 0.903. The van der Waals surface area contributed by atoms with Crippen LogP contribution >= 0.6 is 0 Å². The van der Waals surface area contributed by atoms with Gasteiger partial charge in [-0.3, -0.25) is 0 Å². The maximum absolute atomic E-state index is 3.27. The van der Waals surface area contributed by atoms with E-state index in [0.29, 0.717) is 0 Å². The number of hydrogen-bond donors (Lipinski definition) is 1. The van der Waals surface area contributed by atoms with Crippen LogP contribution in [0.4, 0.5) is 0 Å². The number of hydrogen-bond acceptors (Lipinski definition) is 1. The summed E-state index contributed by atoms with van der Waals surface area (Å²) in [6.45, 7) is 3.52. The van der Waals surface area contributed by atoms with Gasteiger partial charge < -0.3 is 5.32 Å². The average molecular weight is 99.2 g/mol. The standard InChI is InChI=1S/C6H13N/c1-2-3-4-6-5-7-6/h6-7H,2-5H2,1H3/t6-/m0/s1. The van der Waals surface area contributed by atoms with Crippen molar-refractivity contribution in [3.8, 4) is 0 Å². The molecule has 1 fully saturated rings. The van der Waals surface area contributed by atoms with Gasteiger partial charge in [0.2, 0.25) is 0 Å². The molecule has 0 saturated carbocycles. The first-order valence-corrected chi connectivity index (χ1v) is 3.17. The Balaban J connectivity index is 1.80. The van der Waals surface area contributed by atoms with Crippen molar-refractivity contribution in [2.75, 3.05) is 6.54 Å². The Kier molecular flexibility index (Phi) is 1.69. The summed E-state index contributed by atoms with van der Waals surface area (Å²) in [6.07, 6.45) is 4.15. The second-order valence-corrected chi connectivity index (χ2v) is 2.25. The van der Waals surface area contributed by atoms with Crippen LogP contribution in [-0.2, 0) is 0 Å². The first kappa shape index (κ1) is 5.10. The molecule has 0 aliphatic carbocycles. The third kappa shape index (κ3) is 1.93. The van der Waals surface area contributed by atoms with Crippen LogP contribution in [0.2, 0.25) is 0 Å². The molecule has 42 valence electrons. The van der Waals surface area contributed by atoms with E-state index < -0.39 is 0 Å². The van der Waals surface area contributed by atoms with E-state index >= 15 is 0 Å². The van der Waals surface area contributed by atoms with E-state index in [9.17, 15) is 0 Å². The Labute approximate surface area is 45.1 Å². The lowest BCUT2D eigenvalue weighted by atomic mass is 10.2. The molecule has 0 radical (unpaired) electrons. The van der Waals surface area contributed by atoms with Gasteiger partial charge in [-0.15, -0.1) is 0 Å². The molecular weight excluding hydrogens is 86.1 g/mol. The lowest BCUT2D eigenvalue weighted by Crippen LogP contribution is -1.87. The molecule has 0 spiro atoms. The van der Waals surface area contributed by atoms with Crippen LogP contribution in [0.1, 0.15) is 26.2 Å². The van der Waals surface area contributed by atoms with Gasteiger partial charge >= 0.3 is 0 Å². The molecule has 1 rings (SSSR count). The molecule has 7 heavy (non-hydrogen) atoms. The van der Waals surface area contributed by atoms with Crippen LogP contribution in [0, 0.1) is 0 Å².